The van der Waals surface area contributed by atoms with Crippen molar-refractivity contribution in [2.24, 2.45) is 0 Å². The van der Waals surface area contributed by atoms with Crippen LogP contribution in [-0.4, -0.2) is 27.1 Å². The second-order valence-electron chi connectivity index (χ2n) is 5.17. The Morgan fingerprint density at radius 1 is 1.36 bits per heavy atom. The van der Waals surface area contributed by atoms with E-state index in [1.807, 2.05) is 0 Å². The van der Waals surface area contributed by atoms with Gasteiger partial charge >= 0.3 is 0 Å². The summed E-state index contributed by atoms with van der Waals surface area (Å²) < 4.78 is 39.4. The second-order valence-corrected chi connectivity index (χ2v) is 7.66. The smallest absolute Gasteiger partial charge is 0.286 e. The number of hydrogen-bond acceptors (Lipinski definition) is 6. The highest BCUT2D eigenvalue weighted by molar-refractivity contribution is 7.18. The fourth-order valence-corrected chi connectivity index (χ4v) is 3.54. The molecule has 0 bridgehead atoms. The van der Waals surface area contributed by atoms with Crippen LogP contribution >= 0.6 is 34.3 Å². The van der Waals surface area contributed by atoms with Gasteiger partial charge in [0, 0.05) is 12.3 Å². The topological polar surface area (TPSA) is 76.9 Å². The highest BCUT2D eigenvalue weighted by Gasteiger charge is 2.16. The maximum atomic E-state index is 13.7. The van der Waals surface area contributed by atoms with Crippen LogP contribution in [0, 0.1) is 17.7 Å². The molecule has 0 aromatic carbocycles. The van der Waals surface area contributed by atoms with Gasteiger partial charge in [0.15, 0.2) is 10.8 Å². The van der Waals surface area contributed by atoms with Crippen LogP contribution in [0.2, 0.25) is 4.34 Å². The van der Waals surface area contributed by atoms with E-state index in [4.69, 9.17) is 11.6 Å². The largest absolute Gasteiger partial charge is 0.320 e. The highest BCUT2D eigenvalue weighted by Crippen LogP contribution is 2.28. The van der Waals surface area contributed by atoms with Crippen molar-refractivity contribution in [2.45, 2.75) is 13.0 Å². The number of alkyl halides is 2. The van der Waals surface area contributed by atoms with Crippen LogP contribution in [0.15, 0.2) is 28.6 Å². The first kappa shape index (κ1) is 20.1. The third-order valence-electron chi connectivity index (χ3n) is 3.21. The van der Waals surface area contributed by atoms with E-state index in [2.05, 4.69) is 27.4 Å². The standard InChI is InChI=1S/C16H8ClF3N4O2S2/c17-14-8(1-2-13-23-21-7-27-13)3-11(28-14)15(25)22-9-4-10(18)16(26)24(5-9)6-12(19)20/h3-5,7,12H,6H2,(H,22,25). The monoisotopic (exact) mass is 444 g/mol. The number of halogens is 4. The maximum absolute atomic E-state index is 13.7. The maximum Gasteiger partial charge on any atom is 0.286 e. The minimum atomic E-state index is -2.85. The lowest BCUT2D eigenvalue weighted by molar-refractivity contribution is 0.103. The molecule has 1 N–H and O–H groups in total. The number of nitrogens with one attached hydrogen (secondary N) is 1. The van der Waals surface area contributed by atoms with Crippen LogP contribution in [0.4, 0.5) is 18.9 Å². The fraction of sp³-hybridized carbons (Fsp3) is 0.125. The third-order valence-corrected chi connectivity index (χ3v) is 5.17. The summed E-state index contributed by atoms with van der Waals surface area (Å²) in [5, 5.41) is 10.2. The zero-order valence-corrected chi connectivity index (χ0v) is 16.0. The van der Waals surface area contributed by atoms with E-state index in [1.54, 1.807) is 0 Å². The SMILES string of the molecule is O=C(Nc1cc(F)c(=O)n(CC(F)F)c1)c1cc(C#Cc2nncs2)c(Cl)s1. The predicted octanol–water partition coefficient (Wildman–Crippen LogP) is 3.47. The molecule has 0 radical (unpaired) electrons. The number of amides is 1. The first-order valence-corrected chi connectivity index (χ1v) is 9.48. The molecule has 0 aliphatic carbocycles. The van der Waals surface area contributed by atoms with Crippen LogP contribution in [0.25, 0.3) is 0 Å². The van der Waals surface area contributed by atoms with Gasteiger partial charge in [0.1, 0.15) is 9.85 Å². The first-order chi connectivity index (χ1) is 13.3. The number of nitrogens with zero attached hydrogens (tertiary/aromatic N) is 3. The lowest BCUT2D eigenvalue weighted by Gasteiger charge is -2.09. The van der Waals surface area contributed by atoms with Crippen molar-refractivity contribution in [3.05, 3.63) is 59.8 Å². The van der Waals surface area contributed by atoms with E-state index >= 15 is 0 Å². The summed E-state index contributed by atoms with van der Waals surface area (Å²) in [5.41, 5.74) is 0.561. The van der Waals surface area contributed by atoms with Gasteiger partial charge in [-0.15, -0.1) is 21.5 Å². The first-order valence-electron chi connectivity index (χ1n) is 7.40. The number of thiophene rings is 1. The van der Waals surface area contributed by atoms with Crippen LogP contribution < -0.4 is 10.9 Å². The van der Waals surface area contributed by atoms with E-state index in [-0.39, 0.29) is 14.9 Å². The Kier molecular flexibility index (Phi) is 6.13. The van der Waals surface area contributed by atoms with Crippen molar-refractivity contribution in [1.82, 2.24) is 14.8 Å². The molecule has 0 atom stereocenters. The number of rotatable bonds is 4. The van der Waals surface area contributed by atoms with Crippen molar-refractivity contribution >= 4 is 45.9 Å². The van der Waals surface area contributed by atoms with E-state index in [0.717, 1.165) is 23.6 Å². The van der Waals surface area contributed by atoms with Crippen molar-refractivity contribution in [3.8, 4) is 11.8 Å². The zero-order valence-electron chi connectivity index (χ0n) is 13.6. The van der Waals surface area contributed by atoms with Crippen molar-refractivity contribution < 1.29 is 18.0 Å². The molecular formula is C16H8ClF3N4O2S2. The Morgan fingerprint density at radius 2 is 2.14 bits per heavy atom. The number of carbonyl (C=O) groups is 1. The van der Waals surface area contributed by atoms with Crippen LogP contribution in [0.3, 0.4) is 0 Å². The van der Waals surface area contributed by atoms with Crippen molar-refractivity contribution in [2.75, 3.05) is 5.32 Å². The molecule has 3 aromatic rings. The van der Waals surface area contributed by atoms with Gasteiger partial charge in [0.25, 0.3) is 17.9 Å². The van der Waals surface area contributed by atoms with Gasteiger partial charge in [-0.2, -0.15) is 0 Å². The van der Waals surface area contributed by atoms with Gasteiger partial charge in [0.2, 0.25) is 0 Å². The zero-order chi connectivity index (χ0) is 20.3. The number of aromatic nitrogens is 3. The molecule has 3 rings (SSSR count). The Morgan fingerprint density at radius 3 is 2.82 bits per heavy atom. The minimum absolute atomic E-state index is 0.145. The fourth-order valence-electron chi connectivity index (χ4n) is 2.06. The molecule has 0 fully saturated rings. The molecule has 0 spiro atoms. The average molecular weight is 445 g/mol. The van der Waals surface area contributed by atoms with Crippen LogP contribution in [-0.2, 0) is 6.54 Å². The molecule has 3 heterocycles. The van der Waals surface area contributed by atoms with Crippen LogP contribution in [0.1, 0.15) is 20.2 Å². The highest BCUT2D eigenvalue weighted by atomic mass is 35.5. The molecule has 0 aliphatic rings. The lowest BCUT2D eigenvalue weighted by atomic mass is 10.3. The van der Waals surface area contributed by atoms with E-state index < -0.39 is 30.3 Å². The van der Waals surface area contributed by atoms with Gasteiger partial charge in [-0.05, 0) is 12.0 Å². The Labute approximate surface area is 168 Å². The van der Waals surface area contributed by atoms with E-state index in [9.17, 15) is 22.8 Å². The molecular weight excluding hydrogens is 437 g/mol. The van der Waals surface area contributed by atoms with Crippen LogP contribution in [0.5, 0.6) is 0 Å². The molecule has 28 heavy (non-hydrogen) atoms. The molecule has 0 aliphatic heterocycles. The second kappa shape index (κ2) is 8.55. The third kappa shape index (κ3) is 4.78. The number of hydrogen-bond donors (Lipinski definition) is 1. The Bertz CT molecular complexity index is 1130. The summed E-state index contributed by atoms with van der Waals surface area (Å²) >= 11 is 8.25. The molecule has 144 valence electrons. The Hall–Kier alpha value is -2.68. The Balaban J connectivity index is 1.81. The summed E-state index contributed by atoms with van der Waals surface area (Å²) in [5.74, 6) is 3.61. The average Bonchev–Trinajstić information content (AvgIpc) is 3.26. The lowest BCUT2D eigenvalue weighted by Crippen LogP contribution is -2.26. The summed E-state index contributed by atoms with van der Waals surface area (Å²) in [6.45, 7) is -0.990. The van der Waals surface area contributed by atoms with Gasteiger partial charge in [0.05, 0.1) is 22.7 Å². The van der Waals surface area contributed by atoms with Crippen molar-refractivity contribution in [3.63, 3.8) is 0 Å². The summed E-state index contributed by atoms with van der Waals surface area (Å²) in [6, 6.07) is 2.19. The quantitative estimate of drug-likeness (QED) is 0.625. The molecule has 0 unspecified atom stereocenters. The molecule has 6 nitrogen and oxygen atoms in total. The van der Waals surface area contributed by atoms with E-state index in [1.165, 1.54) is 22.9 Å². The number of carbonyl (C=O) groups excluding carboxylic acids is 1. The molecule has 3 aromatic heterocycles. The normalized spacial score (nSPS) is 10.6. The van der Waals surface area contributed by atoms with Crippen molar-refractivity contribution in [1.29, 1.82) is 0 Å². The van der Waals surface area contributed by atoms with E-state index in [0.29, 0.717) is 15.1 Å². The van der Waals surface area contributed by atoms with Gasteiger partial charge in [-0.3, -0.25) is 9.59 Å². The minimum Gasteiger partial charge on any atom is -0.320 e. The van der Waals surface area contributed by atoms with Gasteiger partial charge in [-0.25, -0.2) is 13.2 Å². The molecule has 0 saturated carbocycles. The number of anilines is 1. The molecule has 1 amide bonds. The number of pyridine rings is 1. The predicted molar refractivity (Wildman–Crippen MR) is 99.8 cm³/mol. The molecule has 0 saturated heterocycles. The summed E-state index contributed by atoms with van der Waals surface area (Å²) in [4.78, 5) is 24.1. The van der Waals surface area contributed by atoms with Gasteiger partial charge < -0.3 is 9.88 Å². The molecule has 12 heteroatoms. The van der Waals surface area contributed by atoms with Gasteiger partial charge in [-0.1, -0.05) is 28.9 Å². The summed E-state index contributed by atoms with van der Waals surface area (Å²) in [7, 11) is 0. The summed E-state index contributed by atoms with van der Waals surface area (Å²) in [6.07, 6.45) is -1.91.